The van der Waals surface area contributed by atoms with Gasteiger partial charge in [0.1, 0.15) is 12.2 Å². The first-order valence-electron chi connectivity index (χ1n) is 9.61. The van der Waals surface area contributed by atoms with E-state index in [9.17, 15) is 14.4 Å². The van der Waals surface area contributed by atoms with Crippen LogP contribution >= 0.6 is 0 Å². The average Bonchev–Trinajstić information content (AvgIpc) is 3.32. The second kappa shape index (κ2) is 9.04. The molecule has 0 atom stereocenters. The van der Waals surface area contributed by atoms with Crippen LogP contribution in [0, 0.1) is 0 Å². The maximum Gasteiger partial charge on any atom is 0.266 e. The summed E-state index contributed by atoms with van der Waals surface area (Å²) in [6, 6.07) is 17.2. The highest BCUT2D eigenvalue weighted by molar-refractivity contribution is 5.75. The van der Waals surface area contributed by atoms with Gasteiger partial charge in [0, 0.05) is 24.2 Å². The first kappa shape index (κ1) is 20.0. The summed E-state index contributed by atoms with van der Waals surface area (Å²) in [4.78, 5) is 40.8. The van der Waals surface area contributed by atoms with Crippen LogP contribution in [0.1, 0.15) is 0 Å². The molecule has 0 fully saturated rings. The van der Waals surface area contributed by atoms with Crippen LogP contribution in [0.3, 0.4) is 0 Å². The van der Waals surface area contributed by atoms with Gasteiger partial charge in [-0.1, -0.05) is 30.3 Å². The Morgan fingerprint density at radius 2 is 1.81 bits per heavy atom. The molecule has 1 amide bonds. The van der Waals surface area contributed by atoms with Crippen LogP contribution < -0.4 is 16.4 Å². The van der Waals surface area contributed by atoms with Gasteiger partial charge in [-0.25, -0.2) is 9.67 Å². The van der Waals surface area contributed by atoms with Gasteiger partial charge in [-0.15, -0.1) is 0 Å². The van der Waals surface area contributed by atoms with Gasteiger partial charge in [-0.2, -0.15) is 5.10 Å². The van der Waals surface area contributed by atoms with E-state index in [1.807, 2.05) is 30.3 Å². The fourth-order valence-corrected chi connectivity index (χ4v) is 2.99. The SMILES string of the molecule is O=C(Cn1cnc(-c2ccccc2)cc1=O)NCCn1nc(-c2ccco2)ccc1=O. The normalized spacial score (nSPS) is 10.7. The second-order valence-corrected chi connectivity index (χ2v) is 6.71. The topological polar surface area (TPSA) is 112 Å². The smallest absolute Gasteiger partial charge is 0.266 e. The first-order valence-corrected chi connectivity index (χ1v) is 9.61. The Kier molecular flexibility index (Phi) is 5.84. The van der Waals surface area contributed by atoms with Crippen LogP contribution in [0.25, 0.3) is 22.7 Å². The minimum Gasteiger partial charge on any atom is -0.463 e. The van der Waals surface area contributed by atoms with Crippen molar-refractivity contribution in [3.8, 4) is 22.7 Å². The molecule has 0 radical (unpaired) electrons. The van der Waals surface area contributed by atoms with Crippen LogP contribution in [0.15, 0.2) is 87.3 Å². The first-order chi connectivity index (χ1) is 15.1. The average molecular weight is 417 g/mol. The van der Waals surface area contributed by atoms with E-state index in [0.717, 1.165) is 5.56 Å². The van der Waals surface area contributed by atoms with E-state index in [2.05, 4.69) is 15.4 Å². The summed E-state index contributed by atoms with van der Waals surface area (Å²) in [7, 11) is 0. The number of hydrogen-bond donors (Lipinski definition) is 1. The molecule has 0 unspecified atom stereocenters. The van der Waals surface area contributed by atoms with Crippen molar-refractivity contribution in [3.05, 3.63) is 94.0 Å². The van der Waals surface area contributed by atoms with E-state index in [-0.39, 0.29) is 36.7 Å². The summed E-state index contributed by atoms with van der Waals surface area (Å²) in [5.74, 6) is 0.176. The van der Waals surface area contributed by atoms with Gasteiger partial charge >= 0.3 is 0 Å². The summed E-state index contributed by atoms with van der Waals surface area (Å²) in [6.45, 7) is 0.187. The lowest BCUT2D eigenvalue weighted by atomic mass is 10.1. The van der Waals surface area contributed by atoms with Crippen molar-refractivity contribution in [1.29, 1.82) is 0 Å². The van der Waals surface area contributed by atoms with Crippen molar-refractivity contribution in [1.82, 2.24) is 24.6 Å². The van der Waals surface area contributed by atoms with Gasteiger partial charge in [-0.05, 0) is 18.2 Å². The summed E-state index contributed by atoms with van der Waals surface area (Å²) < 4.78 is 7.76. The van der Waals surface area contributed by atoms with Crippen LogP contribution in [0.2, 0.25) is 0 Å². The zero-order chi connectivity index (χ0) is 21.6. The number of hydrogen-bond acceptors (Lipinski definition) is 6. The summed E-state index contributed by atoms with van der Waals surface area (Å²) in [5.41, 5.74) is 1.27. The van der Waals surface area contributed by atoms with Crippen molar-refractivity contribution < 1.29 is 9.21 Å². The molecular formula is C22H19N5O4. The molecule has 0 spiro atoms. The molecule has 4 rings (SSSR count). The van der Waals surface area contributed by atoms with Crippen LogP contribution in [-0.2, 0) is 17.9 Å². The van der Waals surface area contributed by atoms with E-state index in [1.54, 1.807) is 18.2 Å². The van der Waals surface area contributed by atoms with E-state index in [4.69, 9.17) is 4.42 Å². The number of carbonyl (C=O) groups is 1. The molecule has 31 heavy (non-hydrogen) atoms. The largest absolute Gasteiger partial charge is 0.463 e. The number of nitrogens with one attached hydrogen (secondary N) is 1. The Morgan fingerprint density at radius 3 is 2.55 bits per heavy atom. The number of benzene rings is 1. The molecule has 4 aromatic rings. The molecule has 3 heterocycles. The lowest BCUT2D eigenvalue weighted by molar-refractivity contribution is -0.121. The zero-order valence-electron chi connectivity index (χ0n) is 16.5. The molecular weight excluding hydrogens is 398 g/mol. The third kappa shape index (κ3) is 4.84. The maximum absolute atomic E-state index is 12.3. The quantitative estimate of drug-likeness (QED) is 0.488. The molecule has 0 aliphatic heterocycles. The van der Waals surface area contributed by atoms with E-state index < -0.39 is 0 Å². The number of furan rings is 1. The minimum absolute atomic E-state index is 0.171. The fraction of sp³-hybridized carbons (Fsp3) is 0.136. The van der Waals surface area contributed by atoms with Gasteiger partial charge in [0.15, 0.2) is 5.76 Å². The van der Waals surface area contributed by atoms with Crippen molar-refractivity contribution in [2.24, 2.45) is 0 Å². The summed E-state index contributed by atoms with van der Waals surface area (Å²) >= 11 is 0. The standard InChI is InChI=1S/C22H19N5O4/c28-20(14-26-15-24-18(13-22(26)30)16-5-2-1-3-6-16)23-10-11-27-21(29)9-8-17(25-27)19-7-4-12-31-19/h1-9,12-13,15H,10-11,14H2,(H,23,28). The van der Waals surface area contributed by atoms with E-state index in [1.165, 1.54) is 34.0 Å². The molecule has 156 valence electrons. The molecule has 9 nitrogen and oxygen atoms in total. The molecule has 3 aromatic heterocycles. The van der Waals surface area contributed by atoms with Crippen molar-refractivity contribution in [2.45, 2.75) is 13.1 Å². The summed E-state index contributed by atoms with van der Waals surface area (Å²) in [6.07, 6.45) is 2.87. The highest BCUT2D eigenvalue weighted by Crippen LogP contribution is 2.15. The van der Waals surface area contributed by atoms with Gasteiger partial charge < -0.3 is 9.73 Å². The molecule has 0 bridgehead atoms. The van der Waals surface area contributed by atoms with Crippen LogP contribution in [0.4, 0.5) is 0 Å². The Balaban J connectivity index is 1.35. The van der Waals surface area contributed by atoms with Crippen LogP contribution in [0.5, 0.6) is 0 Å². The monoisotopic (exact) mass is 417 g/mol. The highest BCUT2D eigenvalue weighted by Gasteiger charge is 2.09. The third-order valence-electron chi connectivity index (χ3n) is 4.55. The van der Waals surface area contributed by atoms with Crippen LogP contribution in [-0.4, -0.2) is 31.8 Å². The van der Waals surface area contributed by atoms with Crippen molar-refractivity contribution >= 4 is 5.91 Å². The number of carbonyl (C=O) groups excluding carboxylic acids is 1. The predicted octanol–water partition coefficient (Wildman–Crippen LogP) is 1.54. The molecule has 1 aromatic carbocycles. The molecule has 1 N–H and O–H groups in total. The molecule has 0 aliphatic carbocycles. The maximum atomic E-state index is 12.3. The minimum atomic E-state index is -0.369. The molecule has 0 saturated carbocycles. The van der Waals surface area contributed by atoms with Gasteiger partial charge in [-0.3, -0.25) is 19.0 Å². The highest BCUT2D eigenvalue weighted by atomic mass is 16.3. The van der Waals surface area contributed by atoms with Gasteiger partial charge in [0.2, 0.25) is 5.91 Å². The van der Waals surface area contributed by atoms with Gasteiger partial charge in [0.05, 0.1) is 24.8 Å². The molecule has 9 heteroatoms. The third-order valence-corrected chi connectivity index (χ3v) is 4.55. The molecule has 0 aliphatic rings. The fourth-order valence-electron chi connectivity index (χ4n) is 2.99. The summed E-state index contributed by atoms with van der Waals surface area (Å²) in [5, 5.41) is 6.93. The second-order valence-electron chi connectivity index (χ2n) is 6.71. The van der Waals surface area contributed by atoms with Crippen molar-refractivity contribution in [2.75, 3.05) is 6.54 Å². The lowest BCUT2D eigenvalue weighted by Crippen LogP contribution is -2.35. The van der Waals surface area contributed by atoms with E-state index in [0.29, 0.717) is 17.1 Å². The number of nitrogens with zero attached hydrogens (tertiary/aromatic N) is 4. The zero-order valence-corrected chi connectivity index (χ0v) is 16.5. The number of amides is 1. The molecule has 0 saturated heterocycles. The lowest BCUT2D eigenvalue weighted by Gasteiger charge is -2.09. The Hall–Kier alpha value is -4.27. The van der Waals surface area contributed by atoms with Crippen molar-refractivity contribution in [3.63, 3.8) is 0 Å². The predicted molar refractivity (Wildman–Crippen MR) is 113 cm³/mol. The Morgan fingerprint density at radius 1 is 0.968 bits per heavy atom. The Labute approximate surface area is 176 Å². The van der Waals surface area contributed by atoms with E-state index >= 15 is 0 Å². The number of rotatable bonds is 7. The Bertz CT molecular complexity index is 1290. The number of aromatic nitrogens is 4. The van der Waals surface area contributed by atoms with Gasteiger partial charge in [0.25, 0.3) is 11.1 Å².